The zero-order valence-corrected chi connectivity index (χ0v) is 23.1. The molecule has 45 heavy (non-hydrogen) atoms. The number of halogens is 10. The molecule has 0 amide bonds. The van der Waals surface area contributed by atoms with Crippen molar-refractivity contribution in [1.82, 2.24) is 0 Å². The van der Waals surface area contributed by atoms with Crippen LogP contribution in [0.3, 0.4) is 0 Å². The molecule has 1 aliphatic rings. The first-order valence-electron chi connectivity index (χ1n) is 13.2. The molecule has 0 radical (unpaired) electrons. The summed E-state index contributed by atoms with van der Waals surface area (Å²) >= 11 is 0. The molecule has 3 aromatic rings. The van der Waals surface area contributed by atoms with Crippen molar-refractivity contribution in [3.63, 3.8) is 0 Å². The first kappa shape index (κ1) is 33.1. The lowest BCUT2D eigenvalue weighted by Crippen LogP contribution is -2.25. The van der Waals surface area contributed by atoms with Gasteiger partial charge in [-0.3, -0.25) is 0 Å². The zero-order valence-electron chi connectivity index (χ0n) is 23.1. The molecule has 2 atom stereocenters. The van der Waals surface area contributed by atoms with Gasteiger partial charge in [-0.1, -0.05) is 37.0 Å². The van der Waals surface area contributed by atoms with Crippen LogP contribution in [-0.4, -0.2) is 19.0 Å². The van der Waals surface area contributed by atoms with Crippen molar-refractivity contribution in [2.24, 2.45) is 0 Å². The zero-order chi connectivity index (χ0) is 32.9. The summed E-state index contributed by atoms with van der Waals surface area (Å²) in [6, 6.07) is 4.62. The number of benzene rings is 3. The minimum Gasteiger partial charge on any atom is -0.493 e. The highest BCUT2D eigenvalue weighted by atomic mass is 19.3. The van der Waals surface area contributed by atoms with E-state index in [2.05, 4.69) is 28.4 Å². The minimum atomic E-state index is -4.68. The van der Waals surface area contributed by atoms with Crippen LogP contribution in [0.15, 0.2) is 66.0 Å². The Bertz CT molecular complexity index is 1740. The van der Waals surface area contributed by atoms with Gasteiger partial charge >= 0.3 is 6.11 Å². The quantitative estimate of drug-likeness (QED) is 0.146. The molecular weight excluding hydrogens is 618 g/mol. The molecule has 0 aromatic heterocycles. The third kappa shape index (κ3) is 8.01. The molecule has 3 aromatic carbocycles. The Hall–Kier alpha value is -4.84. The molecule has 12 heteroatoms. The number of ether oxygens (including phenoxy) is 2. The topological polar surface area (TPSA) is 18.5 Å². The predicted molar refractivity (Wildman–Crippen MR) is 144 cm³/mol. The maximum atomic E-state index is 14.8. The number of allylic oxidation sites excluding steroid dienone is 4. The summed E-state index contributed by atoms with van der Waals surface area (Å²) in [5.74, 6) is -0.877. The molecular formula is C33H20F10O2. The summed E-state index contributed by atoms with van der Waals surface area (Å²) in [4.78, 5) is 0. The van der Waals surface area contributed by atoms with Gasteiger partial charge in [0.1, 0.15) is 52.0 Å². The molecule has 1 aliphatic carbocycles. The van der Waals surface area contributed by atoms with E-state index >= 15 is 0 Å². The summed E-state index contributed by atoms with van der Waals surface area (Å²) in [6.07, 6.45) is -6.75. The monoisotopic (exact) mass is 638 g/mol. The maximum absolute atomic E-state index is 14.8. The third-order valence-electron chi connectivity index (χ3n) is 6.15. The first-order valence-corrected chi connectivity index (χ1v) is 13.2. The van der Waals surface area contributed by atoms with Gasteiger partial charge in [0.2, 0.25) is 0 Å². The Kier molecular flexibility index (Phi) is 10.2. The Labute approximate surface area is 251 Å². The van der Waals surface area contributed by atoms with E-state index in [-0.39, 0.29) is 17.9 Å². The van der Waals surface area contributed by atoms with Crippen molar-refractivity contribution in [2.45, 2.75) is 38.2 Å². The lowest BCUT2D eigenvalue weighted by Gasteiger charge is -2.19. The minimum absolute atomic E-state index is 0.0879. The van der Waals surface area contributed by atoms with Gasteiger partial charge in [0, 0.05) is 29.3 Å². The van der Waals surface area contributed by atoms with E-state index in [0.717, 1.165) is 30.7 Å². The Balaban J connectivity index is 1.52. The first-order chi connectivity index (χ1) is 21.3. The van der Waals surface area contributed by atoms with Crippen LogP contribution in [0, 0.1) is 52.8 Å². The van der Waals surface area contributed by atoms with E-state index < -0.39 is 81.4 Å². The molecule has 0 bridgehead atoms. The molecule has 4 rings (SSSR count). The second-order valence-corrected chi connectivity index (χ2v) is 9.54. The van der Waals surface area contributed by atoms with Crippen molar-refractivity contribution in [2.75, 3.05) is 6.61 Å². The van der Waals surface area contributed by atoms with E-state index in [1.807, 2.05) is 6.92 Å². The summed E-state index contributed by atoms with van der Waals surface area (Å²) in [6.45, 7) is 2.12. The normalized spacial score (nSPS) is 16.1. The van der Waals surface area contributed by atoms with E-state index in [1.54, 1.807) is 0 Å². The van der Waals surface area contributed by atoms with Crippen LogP contribution >= 0.6 is 0 Å². The molecule has 2 unspecified atom stereocenters. The van der Waals surface area contributed by atoms with E-state index in [4.69, 9.17) is 4.74 Å². The van der Waals surface area contributed by atoms with Crippen molar-refractivity contribution >= 4 is 0 Å². The van der Waals surface area contributed by atoms with Gasteiger partial charge in [0.05, 0.1) is 17.7 Å². The number of hydrogen-bond acceptors (Lipinski definition) is 2. The summed E-state index contributed by atoms with van der Waals surface area (Å²) < 4.78 is 152. The van der Waals surface area contributed by atoms with Gasteiger partial charge in [-0.25, -0.2) is 35.1 Å². The van der Waals surface area contributed by atoms with Crippen LogP contribution in [0.25, 0.3) is 0 Å². The smallest absolute Gasteiger partial charge is 0.432 e. The van der Waals surface area contributed by atoms with Gasteiger partial charge < -0.3 is 9.47 Å². The number of alkyl halides is 4. The molecule has 0 spiro atoms. The molecule has 0 heterocycles. The van der Waals surface area contributed by atoms with Crippen molar-refractivity contribution in [3.05, 3.63) is 117 Å². The summed E-state index contributed by atoms with van der Waals surface area (Å²) in [5, 5.41) is 0. The van der Waals surface area contributed by atoms with Crippen LogP contribution in [0.5, 0.6) is 11.5 Å². The molecule has 234 valence electrons. The molecule has 2 nitrogen and oxygen atoms in total. The van der Waals surface area contributed by atoms with E-state index in [1.165, 1.54) is 0 Å². The third-order valence-corrected chi connectivity index (χ3v) is 6.15. The van der Waals surface area contributed by atoms with Gasteiger partial charge in [-0.15, -0.1) is 0 Å². The van der Waals surface area contributed by atoms with Gasteiger partial charge in [0.15, 0.2) is 12.3 Å². The largest absolute Gasteiger partial charge is 0.493 e. The number of rotatable bonds is 7. The SMILES string of the molecule is CCCCOc1cc(F)c(C#Cc2cc(F)c(C(F)(F)Oc3ccc(C#CC4=CC(F)C(F)C(F)=C4)c(F)c3)c(F)c2)c(F)c1. The molecule has 0 fully saturated rings. The average Bonchev–Trinajstić information content (AvgIpc) is 2.94. The number of unbranched alkanes of at least 4 members (excludes halogenated alkanes) is 1. The van der Waals surface area contributed by atoms with Gasteiger partial charge in [-0.05, 0) is 42.8 Å². The highest BCUT2D eigenvalue weighted by Gasteiger charge is 2.41. The molecule has 0 aliphatic heterocycles. The second kappa shape index (κ2) is 13.9. The Morgan fingerprint density at radius 2 is 1.40 bits per heavy atom. The fraction of sp³-hybridized carbons (Fsp3) is 0.212. The van der Waals surface area contributed by atoms with Crippen LogP contribution < -0.4 is 9.47 Å². The van der Waals surface area contributed by atoms with Crippen molar-refractivity contribution in [3.8, 4) is 35.2 Å². The van der Waals surface area contributed by atoms with Gasteiger partial charge in [-0.2, -0.15) is 8.78 Å². The van der Waals surface area contributed by atoms with Crippen LogP contribution in [0.1, 0.15) is 42.0 Å². The maximum Gasteiger partial charge on any atom is 0.432 e. The molecule has 0 saturated heterocycles. The Morgan fingerprint density at radius 3 is 2.00 bits per heavy atom. The van der Waals surface area contributed by atoms with Crippen molar-refractivity contribution < 1.29 is 53.4 Å². The summed E-state index contributed by atoms with van der Waals surface area (Å²) in [5.41, 5.74) is -3.85. The fourth-order valence-electron chi connectivity index (χ4n) is 3.91. The Morgan fingerprint density at radius 1 is 0.756 bits per heavy atom. The van der Waals surface area contributed by atoms with Crippen LogP contribution in [0.4, 0.5) is 43.9 Å². The van der Waals surface area contributed by atoms with Crippen molar-refractivity contribution in [1.29, 1.82) is 0 Å². The molecule has 0 saturated carbocycles. The second-order valence-electron chi connectivity index (χ2n) is 9.54. The van der Waals surface area contributed by atoms with E-state index in [9.17, 15) is 43.9 Å². The van der Waals surface area contributed by atoms with E-state index in [0.29, 0.717) is 36.8 Å². The lowest BCUT2D eigenvalue weighted by molar-refractivity contribution is -0.189. The van der Waals surface area contributed by atoms with Crippen LogP contribution in [-0.2, 0) is 6.11 Å². The van der Waals surface area contributed by atoms with Crippen LogP contribution in [0.2, 0.25) is 0 Å². The molecule has 0 N–H and O–H groups in total. The average molecular weight is 639 g/mol. The number of hydrogen-bond donors (Lipinski definition) is 0. The summed E-state index contributed by atoms with van der Waals surface area (Å²) in [7, 11) is 0. The standard InChI is InChI=1S/C33H20F10O2/c1-2-3-10-44-22-16-25(35)23(26(36)17-22)9-5-19-11-27(37)31(28(38)12-19)33(42,43)45-21-8-7-20(24(34)15-21)6-4-18-13-29(39)32(41)30(40)14-18/h7-8,11-17,29,32H,2-3,10H2,1H3. The predicted octanol–water partition coefficient (Wildman–Crippen LogP) is 8.91. The highest BCUT2D eigenvalue weighted by molar-refractivity contribution is 5.50. The van der Waals surface area contributed by atoms with Gasteiger partial charge in [0.25, 0.3) is 0 Å². The highest BCUT2D eigenvalue weighted by Crippen LogP contribution is 2.36. The fourth-order valence-corrected chi connectivity index (χ4v) is 3.91. The lowest BCUT2D eigenvalue weighted by atomic mass is 10.0.